The average molecular weight is 260 g/mol. The van der Waals surface area contributed by atoms with Crippen LogP contribution in [0.1, 0.15) is 44.0 Å². The van der Waals surface area contributed by atoms with Crippen molar-refractivity contribution >= 4 is 11.8 Å². The maximum Gasteiger partial charge on any atom is 0.114 e. The van der Waals surface area contributed by atoms with Crippen LogP contribution in [0.2, 0.25) is 0 Å². The fourth-order valence-electron chi connectivity index (χ4n) is 2.26. The van der Waals surface area contributed by atoms with Crippen LogP contribution < -0.4 is 0 Å². The van der Waals surface area contributed by atoms with E-state index in [-0.39, 0.29) is 0 Å². The van der Waals surface area contributed by atoms with Crippen LogP contribution in [-0.4, -0.2) is 10.7 Å². The molecule has 0 fully saturated rings. The second-order valence-electron chi connectivity index (χ2n) is 5.61. The zero-order chi connectivity index (χ0) is 13.1. The van der Waals surface area contributed by atoms with Crippen LogP contribution in [0.3, 0.4) is 0 Å². The minimum Gasteiger partial charge on any atom is -0.245 e. The van der Waals surface area contributed by atoms with Crippen molar-refractivity contribution in [3.8, 4) is 6.07 Å². The van der Waals surface area contributed by atoms with Crippen LogP contribution in [0.25, 0.3) is 0 Å². The Balaban J connectivity index is 2.28. The molecule has 0 radical (unpaired) electrons. The van der Waals surface area contributed by atoms with Crippen LogP contribution >= 0.6 is 11.8 Å². The first-order chi connectivity index (χ1) is 8.60. The number of nitriles is 1. The first-order valence-electron chi connectivity index (χ1n) is 6.65. The van der Waals surface area contributed by atoms with E-state index < -0.39 is 0 Å². The Hall–Kier alpha value is -1.01. The summed E-state index contributed by atoms with van der Waals surface area (Å²) in [6.45, 7) is 6.66. The lowest BCUT2D eigenvalue weighted by Gasteiger charge is -2.21. The van der Waals surface area contributed by atoms with Crippen LogP contribution in [0.4, 0.5) is 0 Å². The van der Waals surface area contributed by atoms with E-state index in [2.05, 4.69) is 32.9 Å². The van der Waals surface area contributed by atoms with Gasteiger partial charge in [0.2, 0.25) is 0 Å². The number of fused-ring (bicyclic) bond motifs is 1. The topological polar surface area (TPSA) is 36.7 Å². The molecule has 1 unspecified atom stereocenters. The second-order valence-corrected chi connectivity index (χ2v) is 6.62. The molecule has 1 heterocycles. The molecule has 0 amide bonds. The van der Waals surface area contributed by atoms with Crippen molar-refractivity contribution in [1.29, 1.82) is 5.26 Å². The Morgan fingerprint density at radius 3 is 3.00 bits per heavy atom. The first-order valence-corrected chi connectivity index (χ1v) is 7.64. The van der Waals surface area contributed by atoms with Crippen molar-refractivity contribution in [3.63, 3.8) is 0 Å². The van der Waals surface area contributed by atoms with E-state index in [4.69, 9.17) is 4.98 Å². The molecule has 0 saturated heterocycles. The van der Waals surface area contributed by atoms with Gasteiger partial charge in [-0.1, -0.05) is 20.8 Å². The number of thioether (sulfide) groups is 1. The molecule has 0 saturated carbocycles. The van der Waals surface area contributed by atoms with Crippen LogP contribution in [0, 0.1) is 23.2 Å². The van der Waals surface area contributed by atoms with Crippen LogP contribution in [0.5, 0.6) is 0 Å². The van der Waals surface area contributed by atoms with Gasteiger partial charge >= 0.3 is 0 Å². The fourth-order valence-corrected chi connectivity index (χ4v) is 3.19. The molecular formula is C15H20N2S. The van der Waals surface area contributed by atoms with Crippen LogP contribution in [-0.2, 0) is 12.8 Å². The number of aryl methyl sites for hydroxylation is 1. The zero-order valence-electron chi connectivity index (χ0n) is 11.4. The van der Waals surface area contributed by atoms with Gasteiger partial charge in [-0.2, -0.15) is 5.26 Å². The van der Waals surface area contributed by atoms with Gasteiger partial charge in [0.25, 0.3) is 0 Å². The van der Waals surface area contributed by atoms with Gasteiger partial charge in [0.1, 0.15) is 11.1 Å². The normalized spacial score (nSPS) is 18.5. The number of pyridine rings is 1. The highest BCUT2D eigenvalue weighted by molar-refractivity contribution is 7.99. The molecule has 3 heteroatoms. The molecule has 0 aromatic carbocycles. The van der Waals surface area contributed by atoms with Gasteiger partial charge in [0, 0.05) is 11.4 Å². The zero-order valence-corrected chi connectivity index (χ0v) is 12.2. The van der Waals surface area contributed by atoms with Crippen molar-refractivity contribution < 1.29 is 0 Å². The Kier molecular flexibility index (Phi) is 4.29. The summed E-state index contributed by atoms with van der Waals surface area (Å²) in [5.41, 5.74) is 3.27. The van der Waals surface area contributed by atoms with E-state index in [1.54, 1.807) is 11.8 Å². The summed E-state index contributed by atoms with van der Waals surface area (Å²) in [6.07, 6.45) is 3.36. The molecule has 1 aromatic heterocycles. The highest BCUT2D eigenvalue weighted by atomic mass is 32.2. The molecule has 1 atom stereocenters. The minimum atomic E-state index is 0.624. The summed E-state index contributed by atoms with van der Waals surface area (Å²) in [7, 11) is 0. The third-order valence-electron chi connectivity index (χ3n) is 3.27. The van der Waals surface area contributed by atoms with Gasteiger partial charge in [-0.05, 0) is 42.7 Å². The van der Waals surface area contributed by atoms with Gasteiger partial charge < -0.3 is 0 Å². The third kappa shape index (κ3) is 3.05. The van der Waals surface area contributed by atoms with E-state index in [0.29, 0.717) is 5.92 Å². The predicted octanol–water partition coefficient (Wildman–Crippen LogP) is 3.83. The molecule has 1 aliphatic rings. The van der Waals surface area contributed by atoms with Crippen molar-refractivity contribution in [2.45, 2.75) is 45.1 Å². The molecule has 2 rings (SSSR count). The summed E-state index contributed by atoms with van der Waals surface area (Å²) in [5.74, 6) is 2.37. The molecule has 1 aliphatic carbocycles. The monoisotopic (exact) mass is 260 g/mol. The smallest absolute Gasteiger partial charge is 0.114 e. The molecule has 18 heavy (non-hydrogen) atoms. The third-order valence-corrected chi connectivity index (χ3v) is 4.69. The lowest BCUT2D eigenvalue weighted by Crippen LogP contribution is -2.14. The fraction of sp³-hybridized carbons (Fsp3) is 0.600. The highest BCUT2D eigenvalue weighted by Crippen LogP contribution is 2.30. The van der Waals surface area contributed by atoms with Gasteiger partial charge in [0.05, 0.1) is 5.56 Å². The maximum atomic E-state index is 9.25. The minimum absolute atomic E-state index is 0.624. The first kappa shape index (κ1) is 13.4. The Bertz CT molecular complexity index is 474. The lowest BCUT2D eigenvalue weighted by molar-refractivity contribution is 0.491. The van der Waals surface area contributed by atoms with Crippen molar-refractivity contribution in [2.24, 2.45) is 11.8 Å². The van der Waals surface area contributed by atoms with E-state index in [9.17, 15) is 5.26 Å². The number of rotatable bonds is 3. The lowest BCUT2D eigenvalue weighted by atomic mass is 9.87. The van der Waals surface area contributed by atoms with E-state index in [1.165, 1.54) is 17.7 Å². The molecule has 0 aliphatic heterocycles. The SMILES string of the molecule is CC(C)CSc1nc2c(cc1C#N)CC(C)CC2. The second kappa shape index (κ2) is 5.75. The van der Waals surface area contributed by atoms with Gasteiger partial charge in [-0.25, -0.2) is 4.98 Å². The molecule has 1 aromatic rings. The van der Waals surface area contributed by atoms with Crippen molar-refractivity contribution in [3.05, 3.63) is 22.9 Å². The van der Waals surface area contributed by atoms with E-state index in [0.717, 1.165) is 35.1 Å². The van der Waals surface area contributed by atoms with E-state index >= 15 is 0 Å². The number of hydrogen-bond donors (Lipinski definition) is 0. The van der Waals surface area contributed by atoms with E-state index in [1.807, 2.05) is 0 Å². The molecule has 2 nitrogen and oxygen atoms in total. The largest absolute Gasteiger partial charge is 0.245 e. The summed E-state index contributed by atoms with van der Waals surface area (Å²) >= 11 is 1.72. The maximum absolute atomic E-state index is 9.25. The van der Waals surface area contributed by atoms with Gasteiger partial charge in [0.15, 0.2) is 0 Å². The molecule has 0 N–H and O–H groups in total. The Morgan fingerprint density at radius 2 is 2.33 bits per heavy atom. The molecule has 96 valence electrons. The number of nitrogens with zero attached hydrogens (tertiary/aromatic N) is 2. The van der Waals surface area contributed by atoms with Gasteiger partial charge in [-0.15, -0.1) is 11.8 Å². The Labute approximate surface area is 114 Å². The van der Waals surface area contributed by atoms with Crippen molar-refractivity contribution in [1.82, 2.24) is 4.98 Å². The Morgan fingerprint density at radius 1 is 1.56 bits per heavy atom. The number of aromatic nitrogens is 1. The predicted molar refractivity (Wildman–Crippen MR) is 75.7 cm³/mol. The van der Waals surface area contributed by atoms with Crippen LogP contribution in [0.15, 0.2) is 11.1 Å². The highest BCUT2D eigenvalue weighted by Gasteiger charge is 2.19. The number of hydrogen-bond acceptors (Lipinski definition) is 3. The summed E-state index contributed by atoms with van der Waals surface area (Å²) in [4.78, 5) is 4.73. The quantitative estimate of drug-likeness (QED) is 0.775. The van der Waals surface area contributed by atoms with Crippen molar-refractivity contribution in [2.75, 3.05) is 5.75 Å². The average Bonchev–Trinajstić information content (AvgIpc) is 2.35. The summed E-state index contributed by atoms with van der Waals surface area (Å²) in [5, 5.41) is 10.2. The molecule has 0 bridgehead atoms. The standard InChI is InChI=1S/C15H20N2S/c1-10(2)9-18-15-13(8-16)7-12-6-11(3)4-5-14(12)17-15/h7,10-11H,4-6,9H2,1-3H3. The molecule has 0 spiro atoms. The summed E-state index contributed by atoms with van der Waals surface area (Å²) in [6, 6.07) is 4.37. The summed E-state index contributed by atoms with van der Waals surface area (Å²) < 4.78 is 0. The van der Waals surface area contributed by atoms with Gasteiger partial charge in [-0.3, -0.25) is 0 Å². The molecular weight excluding hydrogens is 240 g/mol.